The van der Waals surface area contributed by atoms with Gasteiger partial charge < -0.3 is 14.1 Å². The summed E-state index contributed by atoms with van der Waals surface area (Å²) in [7, 11) is 0. The summed E-state index contributed by atoms with van der Waals surface area (Å²) in [5.74, 6) is -0.779. The maximum absolute atomic E-state index is 13.2. The molecule has 0 radical (unpaired) electrons. The number of H-pyrrole nitrogens is 1. The van der Waals surface area contributed by atoms with Gasteiger partial charge >= 0.3 is 5.97 Å². The lowest BCUT2D eigenvalue weighted by Crippen LogP contribution is -2.19. The van der Waals surface area contributed by atoms with Crippen LogP contribution in [0, 0.1) is 0 Å². The molecule has 36 heavy (non-hydrogen) atoms. The summed E-state index contributed by atoms with van der Waals surface area (Å²) in [5.41, 5.74) is 5.96. The van der Waals surface area contributed by atoms with E-state index in [2.05, 4.69) is 47.4 Å². The van der Waals surface area contributed by atoms with Crippen molar-refractivity contribution in [2.75, 3.05) is 0 Å². The van der Waals surface area contributed by atoms with E-state index in [4.69, 9.17) is 9.15 Å². The van der Waals surface area contributed by atoms with Crippen LogP contribution in [-0.4, -0.2) is 23.1 Å². The number of carbonyl (C=O) groups excluding carboxylic acids is 2. The summed E-state index contributed by atoms with van der Waals surface area (Å²) in [6, 6.07) is 23.9. The SMILES string of the molecule is O=C(Oc1c(Br)cc(Br)cc1C=NNC(=O)c1[nH]c2ccccc2c1-c1ccccc1)c1ccco1. The first-order chi connectivity index (χ1) is 17.5. The quantitative estimate of drug-likeness (QED) is 0.0947. The second kappa shape index (κ2) is 10.3. The summed E-state index contributed by atoms with van der Waals surface area (Å²) >= 11 is 6.83. The Morgan fingerprint density at radius 2 is 1.75 bits per heavy atom. The van der Waals surface area contributed by atoms with Gasteiger partial charge in [-0.25, -0.2) is 10.2 Å². The first-order valence-electron chi connectivity index (χ1n) is 10.8. The van der Waals surface area contributed by atoms with E-state index in [-0.39, 0.29) is 11.5 Å². The number of rotatable bonds is 6. The molecule has 178 valence electrons. The minimum Gasteiger partial charge on any atom is -0.457 e. The molecule has 5 aromatic rings. The fourth-order valence-corrected chi connectivity index (χ4v) is 5.09. The van der Waals surface area contributed by atoms with E-state index in [1.165, 1.54) is 18.5 Å². The van der Waals surface area contributed by atoms with E-state index >= 15 is 0 Å². The van der Waals surface area contributed by atoms with Gasteiger partial charge in [0.25, 0.3) is 5.91 Å². The van der Waals surface area contributed by atoms with Gasteiger partial charge in [-0.1, -0.05) is 64.5 Å². The molecule has 0 atom stereocenters. The zero-order valence-corrected chi connectivity index (χ0v) is 21.7. The Labute approximate surface area is 222 Å². The second-order valence-corrected chi connectivity index (χ2v) is 9.43. The number of hydrazone groups is 1. The fraction of sp³-hybridized carbons (Fsp3) is 0. The molecule has 2 N–H and O–H groups in total. The van der Waals surface area contributed by atoms with Crippen molar-refractivity contribution in [3.05, 3.63) is 111 Å². The van der Waals surface area contributed by atoms with Crippen LogP contribution in [0.1, 0.15) is 26.6 Å². The molecule has 0 unspecified atom stereocenters. The number of halogens is 2. The van der Waals surface area contributed by atoms with E-state index < -0.39 is 11.9 Å². The van der Waals surface area contributed by atoms with Crippen LogP contribution < -0.4 is 10.2 Å². The molecule has 0 fully saturated rings. The number of para-hydroxylation sites is 1. The largest absolute Gasteiger partial charge is 0.457 e. The maximum atomic E-state index is 13.2. The van der Waals surface area contributed by atoms with Gasteiger partial charge in [0.05, 0.1) is 17.0 Å². The van der Waals surface area contributed by atoms with Crippen LogP contribution in [0.4, 0.5) is 0 Å². The van der Waals surface area contributed by atoms with Crippen LogP contribution in [0.15, 0.2) is 104 Å². The maximum Gasteiger partial charge on any atom is 0.379 e. The van der Waals surface area contributed by atoms with Crippen LogP contribution in [0.2, 0.25) is 0 Å². The number of nitrogens with zero attached hydrogens (tertiary/aromatic N) is 1. The lowest BCUT2D eigenvalue weighted by molar-refractivity contribution is 0.0699. The third-order valence-electron chi connectivity index (χ3n) is 5.32. The molecule has 0 spiro atoms. The molecule has 2 heterocycles. The Hall–Kier alpha value is -3.95. The van der Waals surface area contributed by atoms with Crippen LogP contribution in [-0.2, 0) is 0 Å². The highest BCUT2D eigenvalue weighted by Crippen LogP contribution is 2.34. The van der Waals surface area contributed by atoms with Gasteiger partial charge in [0.15, 0.2) is 5.75 Å². The normalized spacial score (nSPS) is 11.2. The van der Waals surface area contributed by atoms with Crippen LogP contribution in [0.25, 0.3) is 22.0 Å². The van der Waals surface area contributed by atoms with Gasteiger partial charge in [0.1, 0.15) is 5.69 Å². The third kappa shape index (κ3) is 4.89. The van der Waals surface area contributed by atoms with Crippen molar-refractivity contribution in [1.29, 1.82) is 0 Å². The number of esters is 1. The van der Waals surface area contributed by atoms with Crippen molar-refractivity contribution in [2.24, 2.45) is 5.10 Å². The number of carbonyl (C=O) groups is 2. The van der Waals surface area contributed by atoms with Gasteiger partial charge in [-0.2, -0.15) is 5.10 Å². The van der Waals surface area contributed by atoms with Crippen LogP contribution in [0.5, 0.6) is 5.75 Å². The van der Waals surface area contributed by atoms with Crippen molar-refractivity contribution in [2.45, 2.75) is 0 Å². The predicted molar refractivity (Wildman–Crippen MR) is 144 cm³/mol. The van der Waals surface area contributed by atoms with Gasteiger partial charge in [-0.05, 0) is 51.8 Å². The van der Waals surface area contributed by atoms with E-state index in [0.717, 1.165) is 26.5 Å². The summed E-state index contributed by atoms with van der Waals surface area (Å²) in [5, 5.41) is 5.07. The number of aromatic nitrogens is 1. The molecule has 9 heteroatoms. The number of hydrogen-bond donors (Lipinski definition) is 2. The number of hydrogen-bond acceptors (Lipinski definition) is 5. The van der Waals surface area contributed by atoms with Crippen molar-refractivity contribution in [3.8, 4) is 16.9 Å². The Bertz CT molecular complexity index is 1590. The molecule has 0 saturated carbocycles. The lowest BCUT2D eigenvalue weighted by Gasteiger charge is -2.09. The zero-order valence-electron chi connectivity index (χ0n) is 18.5. The van der Waals surface area contributed by atoms with E-state index in [0.29, 0.717) is 15.7 Å². The Kier molecular flexibility index (Phi) is 6.84. The number of furan rings is 1. The molecule has 0 bridgehead atoms. The first-order valence-corrected chi connectivity index (χ1v) is 12.3. The van der Waals surface area contributed by atoms with Crippen molar-refractivity contribution >= 4 is 60.9 Å². The first kappa shape index (κ1) is 23.8. The molecule has 3 aromatic carbocycles. The predicted octanol–water partition coefficient (Wildman–Crippen LogP) is 6.94. The summed E-state index contributed by atoms with van der Waals surface area (Å²) in [6.07, 6.45) is 2.79. The van der Waals surface area contributed by atoms with Gasteiger partial charge in [-0.15, -0.1) is 0 Å². The Morgan fingerprint density at radius 3 is 2.53 bits per heavy atom. The number of benzene rings is 3. The second-order valence-electron chi connectivity index (χ2n) is 7.66. The minimum absolute atomic E-state index is 0.0632. The van der Waals surface area contributed by atoms with Crippen LogP contribution in [0.3, 0.4) is 0 Å². The average molecular weight is 607 g/mol. The van der Waals surface area contributed by atoms with E-state index in [1.807, 2.05) is 54.6 Å². The van der Waals surface area contributed by atoms with Gasteiger partial charge in [0.2, 0.25) is 5.76 Å². The van der Waals surface area contributed by atoms with Crippen LogP contribution >= 0.6 is 31.9 Å². The standard InChI is InChI=1S/C27H17Br2N3O4/c28-18-13-17(25(20(29)14-18)36-27(34)22-11-6-12-35-22)15-30-32-26(33)24-23(16-7-2-1-3-8-16)19-9-4-5-10-21(19)31-24/h1-15,31H,(H,32,33). The summed E-state index contributed by atoms with van der Waals surface area (Å²) < 4.78 is 11.9. The third-order valence-corrected chi connectivity index (χ3v) is 6.37. The lowest BCUT2D eigenvalue weighted by atomic mass is 10.0. The van der Waals surface area contributed by atoms with Crippen molar-refractivity contribution in [3.63, 3.8) is 0 Å². The number of aromatic amines is 1. The van der Waals surface area contributed by atoms with Crippen molar-refractivity contribution < 1.29 is 18.7 Å². The van der Waals surface area contributed by atoms with Crippen molar-refractivity contribution in [1.82, 2.24) is 10.4 Å². The highest BCUT2D eigenvalue weighted by atomic mass is 79.9. The molecule has 0 aliphatic heterocycles. The fourth-order valence-electron chi connectivity index (χ4n) is 3.75. The van der Waals surface area contributed by atoms with Gasteiger partial charge in [0, 0.05) is 26.5 Å². The summed E-state index contributed by atoms with van der Waals surface area (Å²) in [4.78, 5) is 28.8. The van der Waals surface area contributed by atoms with E-state index in [1.54, 1.807) is 18.2 Å². The number of nitrogens with one attached hydrogen (secondary N) is 2. The topological polar surface area (TPSA) is 96.7 Å². The molecule has 2 aromatic heterocycles. The Balaban J connectivity index is 1.43. The minimum atomic E-state index is -0.660. The zero-order chi connectivity index (χ0) is 25.1. The molecule has 1 amide bonds. The van der Waals surface area contributed by atoms with E-state index in [9.17, 15) is 9.59 Å². The molecule has 0 aliphatic carbocycles. The molecular formula is C27H17Br2N3O4. The number of ether oxygens (including phenoxy) is 1. The number of fused-ring (bicyclic) bond motifs is 1. The molecule has 7 nitrogen and oxygen atoms in total. The highest BCUT2D eigenvalue weighted by Gasteiger charge is 2.20. The van der Waals surface area contributed by atoms with Gasteiger partial charge in [-0.3, -0.25) is 4.79 Å². The highest BCUT2D eigenvalue weighted by molar-refractivity contribution is 9.11. The molecule has 0 aliphatic rings. The number of amides is 1. The smallest absolute Gasteiger partial charge is 0.379 e. The Morgan fingerprint density at radius 1 is 0.972 bits per heavy atom. The average Bonchev–Trinajstić information content (AvgIpc) is 3.55. The molecule has 0 saturated heterocycles. The summed E-state index contributed by atoms with van der Waals surface area (Å²) in [6.45, 7) is 0. The molecule has 5 rings (SSSR count). The monoisotopic (exact) mass is 605 g/mol. The molecular weight excluding hydrogens is 590 g/mol.